The molecule has 1 rings (SSSR count). The van der Waals surface area contributed by atoms with Crippen molar-refractivity contribution in [3.8, 4) is 0 Å². The van der Waals surface area contributed by atoms with Crippen LogP contribution in [0.15, 0.2) is 0 Å². The van der Waals surface area contributed by atoms with Gasteiger partial charge in [-0.3, -0.25) is 9.69 Å². The first kappa shape index (κ1) is 18.3. The third-order valence-corrected chi connectivity index (χ3v) is 4.17. The second kappa shape index (κ2) is 8.07. The lowest BCUT2D eigenvalue weighted by Crippen LogP contribution is -2.55. The van der Waals surface area contributed by atoms with E-state index in [-0.39, 0.29) is 18.4 Å². The number of amides is 1. The highest BCUT2D eigenvalue weighted by atomic mass is 32.2. The number of β-amino-alcohol motifs (C(OH)–C–C–N with tert-alkyl or cyclic N) is 1. The van der Waals surface area contributed by atoms with Crippen LogP contribution in [0.1, 0.15) is 20.3 Å². The summed E-state index contributed by atoms with van der Waals surface area (Å²) in [5.41, 5.74) is 0. The summed E-state index contributed by atoms with van der Waals surface area (Å²) in [4.78, 5) is 16.3. The SMILES string of the molecule is CC(C)CC(NS(C)(=O)=O)C(=O)N1CCN(CCO)CC1. The van der Waals surface area contributed by atoms with Gasteiger partial charge in [-0.25, -0.2) is 13.1 Å². The summed E-state index contributed by atoms with van der Waals surface area (Å²) in [6, 6.07) is -0.690. The van der Waals surface area contributed by atoms with Gasteiger partial charge in [-0.2, -0.15) is 0 Å². The Morgan fingerprint density at radius 3 is 2.24 bits per heavy atom. The number of aliphatic hydroxyl groups excluding tert-OH is 1. The molecule has 21 heavy (non-hydrogen) atoms. The summed E-state index contributed by atoms with van der Waals surface area (Å²) in [6.07, 6.45) is 1.57. The molecule has 1 amide bonds. The highest BCUT2D eigenvalue weighted by Gasteiger charge is 2.29. The molecular weight excluding hydrogens is 294 g/mol. The van der Waals surface area contributed by atoms with E-state index in [0.29, 0.717) is 39.1 Å². The van der Waals surface area contributed by atoms with E-state index < -0.39 is 16.1 Å². The van der Waals surface area contributed by atoms with Crippen molar-refractivity contribution in [1.29, 1.82) is 0 Å². The molecule has 1 atom stereocenters. The van der Waals surface area contributed by atoms with Gasteiger partial charge in [-0.1, -0.05) is 13.8 Å². The average molecular weight is 321 g/mol. The molecule has 1 fully saturated rings. The molecule has 8 heteroatoms. The number of hydrogen-bond acceptors (Lipinski definition) is 5. The molecule has 0 aliphatic carbocycles. The molecule has 1 unspecified atom stereocenters. The molecule has 0 saturated carbocycles. The van der Waals surface area contributed by atoms with E-state index in [4.69, 9.17) is 5.11 Å². The highest BCUT2D eigenvalue weighted by Crippen LogP contribution is 2.11. The number of nitrogens with one attached hydrogen (secondary N) is 1. The minimum atomic E-state index is -3.41. The molecule has 1 aliphatic heterocycles. The van der Waals surface area contributed by atoms with Crippen molar-refractivity contribution < 1.29 is 18.3 Å². The Labute approximate surface area is 127 Å². The predicted octanol–water partition coefficient (Wildman–Crippen LogP) is -0.913. The minimum absolute atomic E-state index is 0.111. The zero-order valence-electron chi connectivity index (χ0n) is 13.1. The van der Waals surface area contributed by atoms with Crippen LogP contribution in [0.5, 0.6) is 0 Å². The third-order valence-electron chi connectivity index (χ3n) is 3.46. The molecule has 0 aromatic rings. The van der Waals surface area contributed by atoms with Gasteiger partial charge in [0.1, 0.15) is 6.04 Å². The molecule has 124 valence electrons. The third kappa shape index (κ3) is 6.73. The lowest BCUT2D eigenvalue weighted by atomic mass is 10.0. The van der Waals surface area contributed by atoms with Gasteiger partial charge < -0.3 is 10.0 Å². The molecule has 0 aromatic carbocycles. The van der Waals surface area contributed by atoms with E-state index in [1.807, 2.05) is 13.8 Å². The second-order valence-corrected chi connectivity index (χ2v) is 7.74. The quantitative estimate of drug-likeness (QED) is 0.633. The van der Waals surface area contributed by atoms with Crippen molar-refractivity contribution in [1.82, 2.24) is 14.5 Å². The summed E-state index contributed by atoms with van der Waals surface area (Å²) >= 11 is 0. The first-order chi connectivity index (χ1) is 9.73. The standard InChI is InChI=1S/C13H27N3O4S/c1-11(2)10-12(14-21(3,19)20)13(18)16-6-4-15(5-7-16)8-9-17/h11-12,14,17H,4-10H2,1-3H3. The topological polar surface area (TPSA) is 90.0 Å². The Bertz CT molecular complexity index is 431. The second-order valence-electron chi connectivity index (χ2n) is 5.96. The molecule has 0 radical (unpaired) electrons. The van der Waals surface area contributed by atoms with Gasteiger partial charge in [0, 0.05) is 32.7 Å². The summed E-state index contributed by atoms with van der Waals surface area (Å²) in [5, 5.41) is 8.91. The van der Waals surface area contributed by atoms with E-state index in [1.54, 1.807) is 4.90 Å². The molecule has 1 heterocycles. The van der Waals surface area contributed by atoms with Crippen molar-refractivity contribution in [3.05, 3.63) is 0 Å². The Morgan fingerprint density at radius 1 is 1.24 bits per heavy atom. The number of carbonyl (C=O) groups is 1. The maximum atomic E-state index is 12.5. The van der Waals surface area contributed by atoms with Gasteiger partial charge in [-0.05, 0) is 12.3 Å². The number of carbonyl (C=O) groups excluding carboxylic acids is 1. The van der Waals surface area contributed by atoms with Crippen molar-refractivity contribution in [2.75, 3.05) is 45.6 Å². The van der Waals surface area contributed by atoms with Gasteiger partial charge in [0.2, 0.25) is 15.9 Å². The molecule has 7 nitrogen and oxygen atoms in total. The van der Waals surface area contributed by atoms with Crippen LogP contribution in [0.4, 0.5) is 0 Å². The molecule has 0 bridgehead atoms. The lowest BCUT2D eigenvalue weighted by molar-refractivity contribution is -0.135. The molecule has 0 spiro atoms. The van der Waals surface area contributed by atoms with Crippen LogP contribution in [0, 0.1) is 5.92 Å². The highest BCUT2D eigenvalue weighted by molar-refractivity contribution is 7.88. The first-order valence-corrected chi connectivity index (χ1v) is 9.21. The van der Waals surface area contributed by atoms with Crippen LogP contribution >= 0.6 is 0 Å². The molecule has 1 aliphatic rings. The summed E-state index contributed by atoms with van der Waals surface area (Å²) < 4.78 is 25.3. The average Bonchev–Trinajstić information content (AvgIpc) is 2.36. The van der Waals surface area contributed by atoms with Crippen molar-refractivity contribution in [2.45, 2.75) is 26.3 Å². The van der Waals surface area contributed by atoms with Gasteiger partial charge in [0.15, 0.2) is 0 Å². The van der Waals surface area contributed by atoms with Crippen molar-refractivity contribution in [2.24, 2.45) is 5.92 Å². The van der Waals surface area contributed by atoms with Crippen LogP contribution in [0.3, 0.4) is 0 Å². The van der Waals surface area contributed by atoms with Gasteiger partial charge in [0.05, 0.1) is 12.9 Å². The molecular formula is C13H27N3O4S. The summed E-state index contributed by atoms with van der Waals surface area (Å²) in [5.74, 6) is 0.0710. The number of nitrogens with zero attached hydrogens (tertiary/aromatic N) is 2. The Morgan fingerprint density at radius 2 is 1.81 bits per heavy atom. The maximum Gasteiger partial charge on any atom is 0.240 e. The van der Waals surface area contributed by atoms with E-state index in [0.717, 1.165) is 6.26 Å². The Hall–Kier alpha value is -0.700. The van der Waals surface area contributed by atoms with E-state index in [1.165, 1.54) is 0 Å². The largest absolute Gasteiger partial charge is 0.395 e. The van der Waals surface area contributed by atoms with E-state index in [9.17, 15) is 13.2 Å². The van der Waals surface area contributed by atoms with E-state index >= 15 is 0 Å². The number of aliphatic hydroxyl groups is 1. The fourth-order valence-electron chi connectivity index (χ4n) is 2.48. The van der Waals surface area contributed by atoms with Gasteiger partial charge in [-0.15, -0.1) is 0 Å². The molecule has 0 aromatic heterocycles. The normalized spacial score (nSPS) is 19.0. The van der Waals surface area contributed by atoms with Crippen LogP contribution < -0.4 is 4.72 Å². The first-order valence-electron chi connectivity index (χ1n) is 7.32. The van der Waals surface area contributed by atoms with Crippen molar-refractivity contribution >= 4 is 15.9 Å². The minimum Gasteiger partial charge on any atom is -0.395 e. The Balaban J connectivity index is 2.64. The van der Waals surface area contributed by atoms with E-state index in [2.05, 4.69) is 9.62 Å². The monoisotopic (exact) mass is 321 g/mol. The van der Waals surface area contributed by atoms with Crippen molar-refractivity contribution in [3.63, 3.8) is 0 Å². The zero-order valence-corrected chi connectivity index (χ0v) is 13.9. The van der Waals surface area contributed by atoms with Crippen LogP contribution in [-0.2, 0) is 14.8 Å². The van der Waals surface area contributed by atoms with Crippen LogP contribution in [0.25, 0.3) is 0 Å². The number of rotatable bonds is 7. The van der Waals surface area contributed by atoms with Crippen LogP contribution in [0.2, 0.25) is 0 Å². The number of sulfonamides is 1. The summed E-state index contributed by atoms with van der Waals surface area (Å²) in [7, 11) is -3.41. The molecule has 1 saturated heterocycles. The predicted molar refractivity (Wildman–Crippen MR) is 81.3 cm³/mol. The lowest BCUT2D eigenvalue weighted by Gasteiger charge is -2.36. The Kier molecular flexibility index (Phi) is 7.05. The van der Waals surface area contributed by atoms with Gasteiger partial charge in [0.25, 0.3) is 0 Å². The number of hydrogen-bond donors (Lipinski definition) is 2. The zero-order chi connectivity index (χ0) is 16.0. The summed E-state index contributed by atoms with van der Waals surface area (Å²) in [6.45, 7) is 7.20. The maximum absolute atomic E-state index is 12.5. The fraction of sp³-hybridized carbons (Fsp3) is 0.923. The number of piperazine rings is 1. The van der Waals surface area contributed by atoms with Crippen LogP contribution in [-0.4, -0.2) is 80.9 Å². The smallest absolute Gasteiger partial charge is 0.240 e. The van der Waals surface area contributed by atoms with Gasteiger partial charge >= 0.3 is 0 Å². The molecule has 2 N–H and O–H groups in total. The fourth-order valence-corrected chi connectivity index (χ4v) is 3.20.